The predicted octanol–water partition coefficient (Wildman–Crippen LogP) is 5.28. The highest BCUT2D eigenvalue weighted by molar-refractivity contribution is 4.79. The molecule has 15 heavy (non-hydrogen) atoms. The van der Waals surface area contributed by atoms with Crippen molar-refractivity contribution in [3.63, 3.8) is 0 Å². The Hall–Kier alpha value is 0. The van der Waals surface area contributed by atoms with Crippen molar-refractivity contribution in [3.05, 3.63) is 0 Å². The predicted molar refractivity (Wildman–Crippen MR) is 69.0 cm³/mol. The van der Waals surface area contributed by atoms with Crippen molar-refractivity contribution in [2.24, 2.45) is 23.2 Å². The van der Waals surface area contributed by atoms with Crippen LogP contribution in [0.4, 0.5) is 0 Å². The maximum Gasteiger partial charge on any atom is -0.0380 e. The second kappa shape index (κ2) is 5.37. The summed E-state index contributed by atoms with van der Waals surface area (Å²) in [6.45, 7) is 12.0. The van der Waals surface area contributed by atoms with Crippen molar-refractivity contribution in [2.45, 2.75) is 73.1 Å². The molecule has 0 aromatic heterocycles. The number of hydrogen-bond donors (Lipinski definition) is 0. The molecule has 0 bridgehead atoms. The molecule has 0 aromatic rings. The Kier molecular flexibility index (Phi) is 4.67. The molecule has 0 aromatic carbocycles. The molecule has 1 atom stereocenters. The van der Waals surface area contributed by atoms with Gasteiger partial charge in [0.05, 0.1) is 0 Å². The van der Waals surface area contributed by atoms with E-state index in [2.05, 4.69) is 34.6 Å². The van der Waals surface area contributed by atoms with E-state index < -0.39 is 0 Å². The Morgan fingerprint density at radius 3 is 2.00 bits per heavy atom. The lowest BCUT2D eigenvalue weighted by Gasteiger charge is -2.35. The minimum absolute atomic E-state index is 0.518. The van der Waals surface area contributed by atoms with Gasteiger partial charge in [0.15, 0.2) is 0 Å². The molecular weight excluding hydrogens is 180 g/mol. The number of hydrogen-bond acceptors (Lipinski definition) is 0. The van der Waals surface area contributed by atoms with E-state index >= 15 is 0 Å². The molecule has 0 radical (unpaired) electrons. The van der Waals surface area contributed by atoms with Crippen molar-refractivity contribution in [1.82, 2.24) is 0 Å². The largest absolute Gasteiger partial charge is 0.0651 e. The van der Waals surface area contributed by atoms with Gasteiger partial charge in [-0.3, -0.25) is 0 Å². The van der Waals surface area contributed by atoms with E-state index in [1.807, 2.05) is 0 Å². The van der Waals surface area contributed by atoms with E-state index in [-0.39, 0.29) is 0 Å². The van der Waals surface area contributed by atoms with E-state index in [4.69, 9.17) is 0 Å². The van der Waals surface area contributed by atoms with Crippen LogP contribution in [0.1, 0.15) is 73.1 Å². The number of rotatable bonds is 3. The van der Waals surface area contributed by atoms with Gasteiger partial charge < -0.3 is 0 Å². The summed E-state index contributed by atoms with van der Waals surface area (Å²) in [6, 6.07) is 0. The fraction of sp³-hybridized carbons (Fsp3) is 1.00. The van der Waals surface area contributed by atoms with Crippen molar-refractivity contribution >= 4 is 0 Å². The van der Waals surface area contributed by atoms with Crippen molar-refractivity contribution in [3.8, 4) is 0 Å². The molecule has 1 saturated carbocycles. The molecule has 90 valence electrons. The summed E-state index contributed by atoms with van der Waals surface area (Å²) < 4.78 is 0. The molecule has 0 heterocycles. The van der Waals surface area contributed by atoms with E-state index in [9.17, 15) is 0 Å². The summed E-state index contributed by atoms with van der Waals surface area (Å²) in [7, 11) is 0. The quantitative estimate of drug-likeness (QED) is 0.595. The highest BCUT2D eigenvalue weighted by Gasteiger charge is 2.27. The summed E-state index contributed by atoms with van der Waals surface area (Å²) in [6.07, 6.45) is 8.75. The zero-order valence-corrected chi connectivity index (χ0v) is 11.5. The van der Waals surface area contributed by atoms with Gasteiger partial charge in [0, 0.05) is 0 Å². The third kappa shape index (κ3) is 4.57. The van der Waals surface area contributed by atoms with Gasteiger partial charge in [-0.2, -0.15) is 0 Å². The van der Waals surface area contributed by atoms with Crippen molar-refractivity contribution in [1.29, 1.82) is 0 Å². The molecule has 0 spiro atoms. The SMILES string of the molecule is CCC(CC(C)(C)C)C1CCC(C)CC1. The zero-order valence-electron chi connectivity index (χ0n) is 11.5. The van der Waals surface area contributed by atoms with E-state index in [0.29, 0.717) is 5.41 Å². The molecule has 1 aliphatic rings. The average Bonchev–Trinajstić information content (AvgIpc) is 2.14. The Bertz CT molecular complexity index is 167. The summed E-state index contributed by atoms with van der Waals surface area (Å²) in [5.41, 5.74) is 0.518. The fourth-order valence-corrected chi connectivity index (χ4v) is 3.19. The van der Waals surface area contributed by atoms with Gasteiger partial charge in [-0.15, -0.1) is 0 Å². The second-order valence-corrected chi connectivity index (χ2v) is 6.95. The van der Waals surface area contributed by atoms with Crippen LogP contribution in [0.2, 0.25) is 0 Å². The molecule has 0 nitrogen and oxygen atoms in total. The normalized spacial score (nSPS) is 30.2. The molecule has 0 saturated heterocycles. The monoisotopic (exact) mass is 210 g/mol. The standard InChI is InChI=1S/C15H30/c1-6-13(11-15(3,4)5)14-9-7-12(2)8-10-14/h12-14H,6-11H2,1-5H3. The van der Waals surface area contributed by atoms with Gasteiger partial charge in [-0.25, -0.2) is 0 Å². The van der Waals surface area contributed by atoms with Crippen LogP contribution in [0.25, 0.3) is 0 Å². The average molecular weight is 210 g/mol. The van der Waals surface area contributed by atoms with Gasteiger partial charge in [0.2, 0.25) is 0 Å². The zero-order chi connectivity index (χ0) is 11.5. The Morgan fingerprint density at radius 2 is 1.60 bits per heavy atom. The van der Waals surface area contributed by atoms with E-state index in [1.54, 1.807) is 0 Å². The first kappa shape index (κ1) is 13.1. The van der Waals surface area contributed by atoms with Gasteiger partial charge in [-0.05, 0) is 42.4 Å². The third-order valence-corrected chi connectivity index (χ3v) is 4.13. The van der Waals surface area contributed by atoms with Crippen LogP contribution in [0, 0.1) is 23.2 Å². The minimum Gasteiger partial charge on any atom is -0.0651 e. The van der Waals surface area contributed by atoms with Gasteiger partial charge >= 0.3 is 0 Å². The summed E-state index contributed by atoms with van der Waals surface area (Å²) >= 11 is 0. The van der Waals surface area contributed by atoms with Crippen LogP contribution in [-0.4, -0.2) is 0 Å². The third-order valence-electron chi connectivity index (χ3n) is 4.13. The van der Waals surface area contributed by atoms with Crippen LogP contribution in [0.15, 0.2) is 0 Å². The van der Waals surface area contributed by atoms with E-state index in [0.717, 1.165) is 17.8 Å². The molecule has 1 rings (SSSR count). The first-order valence-electron chi connectivity index (χ1n) is 6.92. The van der Waals surface area contributed by atoms with Gasteiger partial charge in [0.1, 0.15) is 0 Å². The highest BCUT2D eigenvalue weighted by atomic mass is 14.3. The van der Waals surface area contributed by atoms with Crippen LogP contribution < -0.4 is 0 Å². The van der Waals surface area contributed by atoms with Crippen molar-refractivity contribution in [2.75, 3.05) is 0 Å². The Balaban J connectivity index is 2.44. The molecule has 1 aliphatic carbocycles. The van der Waals surface area contributed by atoms with Crippen molar-refractivity contribution < 1.29 is 0 Å². The maximum absolute atomic E-state index is 2.42. The fourth-order valence-electron chi connectivity index (χ4n) is 3.19. The Morgan fingerprint density at radius 1 is 1.07 bits per heavy atom. The minimum atomic E-state index is 0.518. The molecule has 1 unspecified atom stereocenters. The maximum atomic E-state index is 2.42. The molecule has 0 amide bonds. The summed E-state index contributed by atoms with van der Waals surface area (Å²) in [5.74, 6) is 3.01. The molecule has 1 fully saturated rings. The first-order chi connectivity index (χ1) is 6.92. The smallest absolute Gasteiger partial charge is 0.0380 e. The molecule has 0 heteroatoms. The summed E-state index contributed by atoms with van der Waals surface area (Å²) in [4.78, 5) is 0. The topological polar surface area (TPSA) is 0 Å². The van der Waals surface area contributed by atoms with E-state index in [1.165, 1.54) is 38.5 Å². The highest BCUT2D eigenvalue weighted by Crippen LogP contribution is 2.39. The lowest BCUT2D eigenvalue weighted by molar-refractivity contribution is 0.159. The molecule has 0 aliphatic heterocycles. The molecule has 0 N–H and O–H groups in total. The lowest BCUT2D eigenvalue weighted by Crippen LogP contribution is -2.24. The van der Waals surface area contributed by atoms with Gasteiger partial charge in [0.25, 0.3) is 0 Å². The van der Waals surface area contributed by atoms with Crippen LogP contribution in [0.3, 0.4) is 0 Å². The Labute approximate surface area is 96.8 Å². The summed E-state index contributed by atoms with van der Waals surface area (Å²) in [5, 5.41) is 0. The lowest BCUT2D eigenvalue weighted by atomic mass is 9.70. The van der Waals surface area contributed by atoms with Crippen LogP contribution in [-0.2, 0) is 0 Å². The first-order valence-corrected chi connectivity index (χ1v) is 6.92. The van der Waals surface area contributed by atoms with Gasteiger partial charge in [-0.1, -0.05) is 53.9 Å². The molecular formula is C15H30. The second-order valence-electron chi connectivity index (χ2n) is 6.95. The van der Waals surface area contributed by atoms with Crippen LogP contribution >= 0.6 is 0 Å². The van der Waals surface area contributed by atoms with Crippen LogP contribution in [0.5, 0.6) is 0 Å².